The van der Waals surface area contributed by atoms with Gasteiger partial charge in [0.15, 0.2) is 0 Å². The second kappa shape index (κ2) is 9.30. The number of hydrogen-bond acceptors (Lipinski definition) is 4. The lowest BCUT2D eigenvalue weighted by Crippen LogP contribution is -2.38. The number of phenolic OH excluding ortho intramolecular Hbond substituents is 1. The van der Waals surface area contributed by atoms with E-state index in [-0.39, 0.29) is 0 Å². The van der Waals surface area contributed by atoms with E-state index in [4.69, 9.17) is 0 Å². The predicted octanol–water partition coefficient (Wildman–Crippen LogP) is 3.52. The Hall–Kier alpha value is -2.04. The molecule has 24 heavy (non-hydrogen) atoms. The van der Waals surface area contributed by atoms with Crippen molar-refractivity contribution in [1.29, 1.82) is 0 Å². The maximum atomic E-state index is 9.96. The first-order valence-electron chi connectivity index (χ1n) is 8.54. The second-order valence-corrected chi connectivity index (χ2v) is 6.13. The standard InChI is InChI=1S/C20H28N2O2/c1-3-8-16(19(23)4-2)13-21-14-18-10-7-12-22(18)15-17-9-5-6-11-20(17)24/h3-6,8-9,11,18,21,23-24H,1,7,10,12-15H2,2H3/b16-8-,19-4+. The summed E-state index contributed by atoms with van der Waals surface area (Å²) < 4.78 is 0. The summed E-state index contributed by atoms with van der Waals surface area (Å²) in [6, 6.07) is 7.98. The number of aliphatic hydroxyl groups excluding tert-OH is 1. The van der Waals surface area contributed by atoms with Crippen molar-refractivity contribution in [3.63, 3.8) is 0 Å². The van der Waals surface area contributed by atoms with Gasteiger partial charge in [-0.15, -0.1) is 0 Å². The average molecular weight is 328 g/mol. The fourth-order valence-electron chi connectivity index (χ4n) is 3.13. The maximum absolute atomic E-state index is 9.96. The van der Waals surface area contributed by atoms with Crippen molar-refractivity contribution in [2.24, 2.45) is 0 Å². The molecule has 1 heterocycles. The molecule has 1 aromatic rings. The van der Waals surface area contributed by atoms with Crippen molar-refractivity contribution >= 4 is 0 Å². The lowest BCUT2D eigenvalue weighted by atomic mass is 10.1. The molecule has 3 N–H and O–H groups in total. The normalized spacial score (nSPS) is 19.6. The minimum absolute atomic E-state index is 0.292. The number of likely N-dealkylation sites (tertiary alicyclic amines) is 1. The van der Waals surface area contributed by atoms with E-state index < -0.39 is 0 Å². The van der Waals surface area contributed by atoms with E-state index in [9.17, 15) is 10.2 Å². The van der Waals surface area contributed by atoms with Crippen molar-refractivity contribution in [1.82, 2.24) is 10.2 Å². The fourth-order valence-corrected chi connectivity index (χ4v) is 3.13. The maximum Gasteiger partial charge on any atom is 0.120 e. The number of benzene rings is 1. The molecule has 0 aromatic heterocycles. The summed E-state index contributed by atoms with van der Waals surface area (Å²) in [6.07, 6.45) is 7.54. The number of hydrogen-bond donors (Lipinski definition) is 3. The minimum Gasteiger partial charge on any atom is -0.508 e. The number of allylic oxidation sites excluding steroid dienone is 3. The Balaban J connectivity index is 1.89. The number of phenols is 1. The molecule has 0 amide bonds. The zero-order chi connectivity index (χ0) is 17.4. The topological polar surface area (TPSA) is 55.7 Å². The number of aliphatic hydroxyl groups is 1. The highest BCUT2D eigenvalue weighted by molar-refractivity contribution is 5.32. The fraction of sp³-hybridized carbons (Fsp3) is 0.400. The van der Waals surface area contributed by atoms with Crippen molar-refractivity contribution < 1.29 is 10.2 Å². The highest BCUT2D eigenvalue weighted by Gasteiger charge is 2.24. The zero-order valence-electron chi connectivity index (χ0n) is 14.4. The van der Waals surface area contributed by atoms with Gasteiger partial charge in [0.25, 0.3) is 0 Å². The largest absolute Gasteiger partial charge is 0.508 e. The van der Waals surface area contributed by atoms with Crippen LogP contribution in [0.1, 0.15) is 25.3 Å². The smallest absolute Gasteiger partial charge is 0.120 e. The molecule has 4 heteroatoms. The summed E-state index contributed by atoms with van der Waals surface area (Å²) in [6.45, 7) is 8.81. The third-order valence-electron chi connectivity index (χ3n) is 4.48. The molecule has 1 atom stereocenters. The van der Waals surface area contributed by atoms with Gasteiger partial charge in [-0.3, -0.25) is 4.90 Å². The Kier molecular flexibility index (Phi) is 7.09. The molecule has 1 saturated heterocycles. The Morgan fingerprint density at radius 2 is 2.21 bits per heavy atom. The van der Waals surface area contributed by atoms with Crippen LogP contribution in [-0.2, 0) is 6.54 Å². The molecule has 0 saturated carbocycles. The van der Waals surface area contributed by atoms with Gasteiger partial charge in [-0.1, -0.05) is 36.9 Å². The summed E-state index contributed by atoms with van der Waals surface area (Å²) in [5.41, 5.74) is 1.82. The minimum atomic E-state index is 0.292. The van der Waals surface area contributed by atoms with E-state index in [1.54, 1.807) is 18.2 Å². The average Bonchev–Trinajstić information content (AvgIpc) is 3.02. The molecule has 130 valence electrons. The van der Waals surface area contributed by atoms with Crippen LogP contribution in [0.4, 0.5) is 0 Å². The lowest BCUT2D eigenvalue weighted by molar-refractivity contribution is 0.237. The van der Waals surface area contributed by atoms with E-state index in [0.717, 1.165) is 37.2 Å². The van der Waals surface area contributed by atoms with Crippen LogP contribution in [0.15, 0.2) is 60.4 Å². The van der Waals surface area contributed by atoms with E-state index in [1.807, 2.05) is 31.2 Å². The van der Waals surface area contributed by atoms with Gasteiger partial charge in [0.1, 0.15) is 11.5 Å². The van der Waals surface area contributed by atoms with Crippen LogP contribution in [0, 0.1) is 0 Å². The molecule has 1 aliphatic heterocycles. The van der Waals surface area contributed by atoms with Crippen molar-refractivity contribution in [2.45, 2.75) is 32.4 Å². The van der Waals surface area contributed by atoms with Crippen molar-refractivity contribution in [3.05, 3.63) is 66.0 Å². The number of para-hydroxylation sites is 1. The number of nitrogens with one attached hydrogen (secondary N) is 1. The molecular formula is C20H28N2O2. The van der Waals surface area contributed by atoms with E-state index in [0.29, 0.717) is 24.1 Å². The molecular weight excluding hydrogens is 300 g/mol. The highest BCUT2D eigenvalue weighted by Crippen LogP contribution is 2.23. The third-order valence-corrected chi connectivity index (χ3v) is 4.48. The summed E-state index contributed by atoms with van der Waals surface area (Å²) in [4.78, 5) is 2.41. The quantitative estimate of drug-likeness (QED) is 0.505. The number of nitrogens with zero attached hydrogens (tertiary/aromatic N) is 1. The van der Waals surface area contributed by atoms with Crippen LogP contribution in [0.3, 0.4) is 0 Å². The lowest BCUT2D eigenvalue weighted by Gasteiger charge is -2.25. The molecule has 1 unspecified atom stereocenters. The van der Waals surface area contributed by atoms with Crippen LogP contribution in [0.2, 0.25) is 0 Å². The van der Waals surface area contributed by atoms with Gasteiger partial charge < -0.3 is 15.5 Å². The zero-order valence-corrected chi connectivity index (χ0v) is 14.4. The highest BCUT2D eigenvalue weighted by atomic mass is 16.3. The first kappa shape index (κ1) is 18.3. The molecule has 0 radical (unpaired) electrons. The summed E-state index contributed by atoms with van der Waals surface area (Å²) in [5.74, 6) is 0.658. The van der Waals surface area contributed by atoms with Crippen LogP contribution in [-0.4, -0.2) is 40.8 Å². The number of aromatic hydroxyl groups is 1. The summed E-state index contributed by atoms with van der Waals surface area (Å²) in [7, 11) is 0. The van der Waals surface area contributed by atoms with Gasteiger partial charge >= 0.3 is 0 Å². The third kappa shape index (κ3) is 4.98. The van der Waals surface area contributed by atoms with Gasteiger partial charge in [0, 0.05) is 36.8 Å². The number of rotatable bonds is 8. The molecule has 0 spiro atoms. The molecule has 4 nitrogen and oxygen atoms in total. The Bertz CT molecular complexity index is 607. The second-order valence-electron chi connectivity index (χ2n) is 6.13. The first-order valence-corrected chi connectivity index (χ1v) is 8.54. The monoisotopic (exact) mass is 328 g/mol. The first-order chi connectivity index (χ1) is 11.7. The van der Waals surface area contributed by atoms with Crippen LogP contribution >= 0.6 is 0 Å². The molecule has 2 rings (SSSR count). The van der Waals surface area contributed by atoms with Gasteiger partial charge in [-0.25, -0.2) is 0 Å². The van der Waals surface area contributed by atoms with Crippen molar-refractivity contribution in [2.75, 3.05) is 19.6 Å². The summed E-state index contributed by atoms with van der Waals surface area (Å²) >= 11 is 0. The molecule has 0 aliphatic carbocycles. The Labute approximate surface area is 144 Å². The van der Waals surface area contributed by atoms with E-state index in [2.05, 4.69) is 16.8 Å². The van der Waals surface area contributed by atoms with Crippen LogP contribution in [0.25, 0.3) is 0 Å². The van der Waals surface area contributed by atoms with E-state index >= 15 is 0 Å². The van der Waals surface area contributed by atoms with Crippen LogP contribution in [0.5, 0.6) is 5.75 Å². The Morgan fingerprint density at radius 3 is 2.92 bits per heavy atom. The van der Waals surface area contributed by atoms with Crippen LogP contribution < -0.4 is 5.32 Å². The molecule has 1 aliphatic rings. The van der Waals surface area contributed by atoms with Crippen molar-refractivity contribution in [3.8, 4) is 5.75 Å². The van der Waals surface area contributed by atoms with Gasteiger partial charge in [-0.05, 0) is 38.5 Å². The Morgan fingerprint density at radius 1 is 1.42 bits per heavy atom. The molecule has 1 fully saturated rings. The molecule has 0 bridgehead atoms. The van der Waals surface area contributed by atoms with E-state index in [1.165, 1.54) is 6.42 Å². The van der Waals surface area contributed by atoms with Gasteiger partial charge in [0.05, 0.1) is 0 Å². The SMILES string of the molecule is C=C/C=C(CNCC1CCCN1Cc1ccccc1O)\C(O)=C/C. The van der Waals surface area contributed by atoms with Gasteiger partial charge in [-0.2, -0.15) is 0 Å². The molecule has 1 aromatic carbocycles. The predicted molar refractivity (Wildman–Crippen MR) is 99.1 cm³/mol. The van der Waals surface area contributed by atoms with Gasteiger partial charge in [0.2, 0.25) is 0 Å². The summed E-state index contributed by atoms with van der Waals surface area (Å²) in [5, 5.41) is 23.3.